The quantitative estimate of drug-likeness (QED) is 0.611. The van der Waals surface area contributed by atoms with Crippen molar-refractivity contribution in [2.24, 2.45) is 7.05 Å². The van der Waals surface area contributed by atoms with Crippen molar-refractivity contribution in [3.63, 3.8) is 0 Å². The topological polar surface area (TPSA) is 159 Å². The third-order valence-corrected chi connectivity index (χ3v) is 2.30. The number of aromatic carboxylic acids is 1. The molecule has 0 unspecified atom stereocenters. The zero-order valence-corrected chi connectivity index (χ0v) is 9.83. The third kappa shape index (κ3) is 2.05. The van der Waals surface area contributed by atoms with Crippen LogP contribution in [-0.4, -0.2) is 40.5 Å². The summed E-state index contributed by atoms with van der Waals surface area (Å²) in [6.07, 6.45) is 1.84. The van der Waals surface area contributed by atoms with Crippen LogP contribution in [0.2, 0.25) is 0 Å². The smallest absolute Gasteiger partial charge is 0.363 e. The standard InChI is InChI=1S/C8H6N6O6/c1-11-2-5(14(19)20)7(10-11)12-3-4(13(17)18)6(9-12)8(15)16/h2-3H,1H3,(H,15,16). The van der Waals surface area contributed by atoms with Crippen molar-refractivity contribution in [3.05, 3.63) is 38.3 Å². The first-order chi connectivity index (χ1) is 9.31. The number of aryl methyl sites for hydroxylation is 1. The van der Waals surface area contributed by atoms with Gasteiger partial charge in [0.2, 0.25) is 5.69 Å². The Morgan fingerprint density at radius 1 is 1.20 bits per heavy atom. The Balaban J connectivity index is 2.65. The van der Waals surface area contributed by atoms with Crippen LogP contribution in [0.15, 0.2) is 12.4 Å². The Hall–Kier alpha value is -3.31. The summed E-state index contributed by atoms with van der Waals surface area (Å²) in [5.74, 6) is -1.93. The molecule has 0 saturated carbocycles. The highest BCUT2D eigenvalue weighted by atomic mass is 16.6. The summed E-state index contributed by atoms with van der Waals surface area (Å²) < 4.78 is 1.81. The van der Waals surface area contributed by atoms with Crippen LogP contribution in [0.25, 0.3) is 5.82 Å². The lowest BCUT2D eigenvalue weighted by Gasteiger charge is -1.93. The van der Waals surface area contributed by atoms with E-state index in [2.05, 4.69) is 10.2 Å². The lowest BCUT2D eigenvalue weighted by molar-refractivity contribution is -0.385. The lowest BCUT2D eigenvalue weighted by atomic mass is 10.4. The van der Waals surface area contributed by atoms with Crippen LogP contribution < -0.4 is 0 Å². The normalized spacial score (nSPS) is 10.4. The molecule has 2 rings (SSSR count). The Bertz CT molecular complexity index is 698. The number of nitrogens with zero attached hydrogens (tertiary/aromatic N) is 6. The molecule has 0 aliphatic rings. The van der Waals surface area contributed by atoms with Gasteiger partial charge in [-0.05, 0) is 0 Å². The van der Waals surface area contributed by atoms with Gasteiger partial charge in [0, 0.05) is 7.05 Å². The number of carboxylic acid groups (broad SMARTS) is 1. The second kappa shape index (κ2) is 4.42. The van der Waals surface area contributed by atoms with Gasteiger partial charge in [0.15, 0.2) is 0 Å². The summed E-state index contributed by atoms with van der Waals surface area (Å²) in [5, 5.41) is 37.6. The van der Waals surface area contributed by atoms with Crippen LogP contribution in [0.4, 0.5) is 11.4 Å². The van der Waals surface area contributed by atoms with E-state index in [1.54, 1.807) is 0 Å². The van der Waals surface area contributed by atoms with Gasteiger partial charge in [0.1, 0.15) is 12.4 Å². The molecule has 0 spiro atoms. The maximum absolute atomic E-state index is 10.9. The van der Waals surface area contributed by atoms with Gasteiger partial charge < -0.3 is 5.11 Å². The first-order valence-electron chi connectivity index (χ1n) is 4.97. The van der Waals surface area contributed by atoms with E-state index in [0.29, 0.717) is 4.68 Å². The fraction of sp³-hybridized carbons (Fsp3) is 0.125. The number of hydrogen-bond acceptors (Lipinski definition) is 7. The minimum Gasteiger partial charge on any atom is -0.476 e. The van der Waals surface area contributed by atoms with Gasteiger partial charge >= 0.3 is 17.3 Å². The summed E-state index contributed by atoms with van der Waals surface area (Å²) in [4.78, 5) is 30.7. The predicted molar refractivity (Wildman–Crippen MR) is 60.6 cm³/mol. The molecule has 2 heterocycles. The SMILES string of the molecule is Cn1cc([N+](=O)[O-])c(-n2cc([N+](=O)[O-])c(C(=O)O)n2)n1. The summed E-state index contributed by atoms with van der Waals surface area (Å²) in [5.41, 5.74) is -2.06. The predicted octanol–water partition coefficient (Wildman–Crippen LogP) is 0.120. The molecular formula is C8H6N6O6. The van der Waals surface area contributed by atoms with Gasteiger partial charge in [0.25, 0.3) is 5.82 Å². The van der Waals surface area contributed by atoms with E-state index in [4.69, 9.17) is 5.11 Å². The average molecular weight is 282 g/mol. The van der Waals surface area contributed by atoms with Crippen molar-refractivity contribution in [2.75, 3.05) is 0 Å². The van der Waals surface area contributed by atoms with Crippen molar-refractivity contribution in [3.8, 4) is 5.82 Å². The monoisotopic (exact) mass is 282 g/mol. The van der Waals surface area contributed by atoms with Crippen LogP contribution >= 0.6 is 0 Å². The van der Waals surface area contributed by atoms with Crippen LogP contribution in [0.1, 0.15) is 10.5 Å². The molecular weight excluding hydrogens is 276 g/mol. The highest BCUT2D eigenvalue weighted by Crippen LogP contribution is 2.24. The highest BCUT2D eigenvalue weighted by molar-refractivity contribution is 5.90. The van der Waals surface area contributed by atoms with Crippen molar-refractivity contribution in [1.29, 1.82) is 0 Å². The van der Waals surface area contributed by atoms with Crippen LogP contribution in [-0.2, 0) is 7.05 Å². The summed E-state index contributed by atoms with van der Waals surface area (Å²) in [6, 6.07) is 0. The zero-order valence-electron chi connectivity index (χ0n) is 9.83. The Labute approximate surface area is 109 Å². The van der Waals surface area contributed by atoms with Gasteiger partial charge in [-0.1, -0.05) is 0 Å². The molecule has 0 saturated heterocycles. The first-order valence-corrected chi connectivity index (χ1v) is 4.97. The van der Waals surface area contributed by atoms with E-state index in [1.807, 2.05) is 0 Å². The van der Waals surface area contributed by atoms with Gasteiger partial charge in [-0.25, -0.2) is 9.48 Å². The van der Waals surface area contributed by atoms with E-state index < -0.39 is 32.9 Å². The van der Waals surface area contributed by atoms with Crippen molar-refractivity contribution < 1.29 is 19.7 Å². The van der Waals surface area contributed by atoms with Crippen LogP contribution in [0, 0.1) is 20.2 Å². The second-order valence-corrected chi connectivity index (χ2v) is 3.64. The number of rotatable bonds is 4. The van der Waals surface area contributed by atoms with E-state index in [-0.39, 0.29) is 5.82 Å². The number of carbonyl (C=O) groups is 1. The molecule has 20 heavy (non-hydrogen) atoms. The summed E-state index contributed by atoms with van der Waals surface area (Å²) in [6.45, 7) is 0. The molecule has 0 atom stereocenters. The average Bonchev–Trinajstić information content (AvgIpc) is 2.91. The van der Waals surface area contributed by atoms with Gasteiger partial charge in [-0.15, -0.1) is 5.10 Å². The lowest BCUT2D eigenvalue weighted by Crippen LogP contribution is -2.04. The third-order valence-electron chi connectivity index (χ3n) is 2.30. The zero-order chi connectivity index (χ0) is 15.0. The minimum absolute atomic E-state index is 0.312. The maximum Gasteiger partial charge on any atom is 0.363 e. The first kappa shape index (κ1) is 13.1. The second-order valence-electron chi connectivity index (χ2n) is 3.64. The Morgan fingerprint density at radius 3 is 2.25 bits per heavy atom. The molecule has 0 bridgehead atoms. The molecule has 0 aromatic carbocycles. The number of nitro groups is 2. The fourth-order valence-corrected chi connectivity index (χ4v) is 1.52. The Morgan fingerprint density at radius 2 is 1.80 bits per heavy atom. The van der Waals surface area contributed by atoms with E-state index in [9.17, 15) is 25.0 Å². The number of carboxylic acids is 1. The highest BCUT2D eigenvalue weighted by Gasteiger charge is 2.29. The molecule has 0 aliphatic carbocycles. The fourth-order valence-electron chi connectivity index (χ4n) is 1.52. The summed E-state index contributed by atoms with van der Waals surface area (Å²) in [7, 11) is 1.41. The largest absolute Gasteiger partial charge is 0.476 e. The molecule has 12 nitrogen and oxygen atoms in total. The van der Waals surface area contributed by atoms with Crippen LogP contribution in [0.5, 0.6) is 0 Å². The maximum atomic E-state index is 10.9. The molecule has 0 amide bonds. The number of hydrogen-bond donors (Lipinski definition) is 1. The number of aromatic nitrogens is 4. The minimum atomic E-state index is -1.62. The summed E-state index contributed by atoms with van der Waals surface area (Å²) >= 11 is 0. The van der Waals surface area contributed by atoms with Crippen molar-refractivity contribution in [1.82, 2.24) is 19.6 Å². The molecule has 12 heteroatoms. The van der Waals surface area contributed by atoms with Gasteiger partial charge in [0.05, 0.1) is 9.85 Å². The molecule has 1 N–H and O–H groups in total. The van der Waals surface area contributed by atoms with Crippen LogP contribution in [0.3, 0.4) is 0 Å². The molecule has 104 valence electrons. The van der Waals surface area contributed by atoms with E-state index in [0.717, 1.165) is 17.1 Å². The molecule has 2 aromatic rings. The molecule has 0 aliphatic heterocycles. The molecule has 0 radical (unpaired) electrons. The van der Waals surface area contributed by atoms with Crippen molar-refractivity contribution >= 4 is 17.3 Å². The van der Waals surface area contributed by atoms with Crippen molar-refractivity contribution in [2.45, 2.75) is 0 Å². The Kier molecular flexibility index (Phi) is 2.90. The molecule has 2 aromatic heterocycles. The van der Waals surface area contributed by atoms with Gasteiger partial charge in [-0.2, -0.15) is 5.10 Å². The molecule has 0 fully saturated rings. The van der Waals surface area contributed by atoms with E-state index >= 15 is 0 Å². The van der Waals surface area contributed by atoms with E-state index in [1.165, 1.54) is 7.05 Å². The van der Waals surface area contributed by atoms with Gasteiger partial charge in [-0.3, -0.25) is 24.9 Å².